The van der Waals surface area contributed by atoms with Crippen molar-refractivity contribution in [1.29, 1.82) is 0 Å². The number of para-hydroxylation sites is 1. The van der Waals surface area contributed by atoms with Crippen molar-refractivity contribution in [1.82, 2.24) is 0 Å². The van der Waals surface area contributed by atoms with E-state index in [-0.39, 0.29) is 5.91 Å². The number of anilines is 1. The van der Waals surface area contributed by atoms with E-state index >= 15 is 0 Å². The standard InChI is InChI=1S/C19H13Cl2NO/c20-14-7-5-6-13(12-14)15-8-2-4-11-18(15)22-19(23)16-9-1-3-10-17(16)21/h1-12H,(H,22,23). The Bertz CT molecular complexity index is 861. The van der Waals surface area contributed by atoms with Gasteiger partial charge < -0.3 is 5.32 Å². The zero-order valence-corrected chi connectivity index (χ0v) is 13.6. The molecule has 0 spiro atoms. The second-order valence-electron chi connectivity index (χ2n) is 4.99. The van der Waals surface area contributed by atoms with Crippen molar-refractivity contribution in [3.63, 3.8) is 0 Å². The molecule has 0 aliphatic heterocycles. The van der Waals surface area contributed by atoms with E-state index in [0.29, 0.717) is 21.3 Å². The van der Waals surface area contributed by atoms with Crippen LogP contribution in [0.4, 0.5) is 5.69 Å². The Hall–Kier alpha value is -2.29. The molecule has 1 amide bonds. The molecule has 0 saturated carbocycles. The van der Waals surface area contributed by atoms with Gasteiger partial charge in [0, 0.05) is 16.3 Å². The van der Waals surface area contributed by atoms with Crippen LogP contribution in [0.25, 0.3) is 11.1 Å². The van der Waals surface area contributed by atoms with Crippen molar-refractivity contribution in [2.45, 2.75) is 0 Å². The largest absolute Gasteiger partial charge is 0.321 e. The molecule has 2 nitrogen and oxygen atoms in total. The summed E-state index contributed by atoms with van der Waals surface area (Å²) in [5, 5.41) is 3.99. The summed E-state index contributed by atoms with van der Waals surface area (Å²) in [6.07, 6.45) is 0. The molecule has 3 rings (SSSR count). The van der Waals surface area contributed by atoms with E-state index in [1.807, 2.05) is 48.5 Å². The number of hydrogen-bond donors (Lipinski definition) is 1. The van der Waals surface area contributed by atoms with Crippen LogP contribution in [0.1, 0.15) is 10.4 Å². The normalized spacial score (nSPS) is 10.3. The Morgan fingerprint density at radius 2 is 1.57 bits per heavy atom. The lowest BCUT2D eigenvalue weighted by atomic mass is 10.0. The molecule has 0 heterocycles. The van der Waals surface area contributed by atoms with Crippen LogP contribution >= 0.6 is 23.2 Å². The van der Waals surface area contributed by atoms with E-state index in [2.05, 4.69) is 5.32 Å². The summed E-state index contributed by atoms with van der Waals surface area (Å²) in [5.74, 6) is -0.245. The minimum atomic E-state index is -0.245. The van der Waals surface area contributed by atoms with Gasteiger partial charge >= 0.3 is 0 Å². The fourth-order valence-corrected chi connectivity index (χ4v) is 2.75. The zero-order valence-electron chi connectivity index (χ0n) is 12.1. The van der Waals surface area contributed by atoms with Gasteiger partial charge in [0.1, 0.15) is 0 Å². The van der Waals surface area contributed by atoms with Crippen molar-refractivity contribution >= 4 is 34.8 Å². The van der Waals surface area contributed by atoms with E-state index in [4.69, 9.17) is 23.2 Å². The Balaban J connectivity index is 1.96. The van der Waals surface area contributed by atoms with Gasteiger partial charge in [0.2, 0.25) is 0 Å². The van der Waals surface area contributed by atoms with Crippen molar-refractivity contribution in [2.75, 3.05) is 5.32 Å². The number of carbonyl (C=O) groups excluding carboxylic acids is 1. The molecule has 0 fully saturated rings. The summed E-state index contributed by atoms with van der Waals surface area (Å²) in [5.41, 5.74) is 2.98. The molecule has 3 aromatic carbocycles. The summed E-state index contributed by atoms with van der Waals surface area (Å²) in [6.45, 7) is 0. The highest BCUT2D eigenvalue weighted by atomic mass is 35.5. The highest BCUT2D eigenvalue weighted by Gasteiger charge is 2.12. The van der Waals surface area contributed by atoms with Crippen LogP contribution < -0.4 is 5.32 Å². The minimum Gasteiger partial charge on any atom is -0.321 e. The minimum absolute atomic E-state index is 0.245. The number of rotatable bonds is 3. The van der Waals surface area contributed by atoms with Gasteiger partial charge in [0.05, 0.1) is 10.6 Å². The first-order valence-corrected chi connectivity index (χ1v) is 7.81. The third-order valence-corrected chi connectivity index (χ3v) is 3.99. The first kappa shape index (κ1) is 15.6. The van der Waals surface area contributed by atoms with Crippen molar-refractivity contribution in [2.24, 2.45) is 0 Å². The molecule has 0 aliphatic carbocycles. The average molecular weight is 342 g/mol. The number of hydrogen-bond acceptors (Lipinski definition) is 1. The van der Waals surface area contributed by atoms with Crippen LogP contribution in [0.15, 0.2) is 72.8 Å². The third-order valence-electron chi connectivity index (χ3n) is 3.43. The summed E-state index contributed by atoms with van der Waals surface area (Å²) in [6, 6.07) is 22.0. The van der Waals surface area contributed by atoms with E-state index in [0.717, 1.165) is 11.1 Å². The first-order chi connectivity index (χ1) is 11.1. The maximum atomic E-state index is 12.5. The molecule has 0 aromatic heterocycles. The molecule has 3 aromatic rings. The molecule has 0 atom stereocenters. The van der Waals surface area contributed by atoms with E-state index in [9.17, 15) is 4.79 Å². The molecule has 0 aliphatic rings. The van der Waals surface area contributed by atoms with Crippen molar-refractivity contribution < 1.29 is 4.79 Å². The maximum absolute atomic E-state index is 12.5. The molecule has 23 heavy (non-hydrogen) atoms. The van der Waals surface area contributed by atoms with E-state index in [1.165, 1.54) is 0 Å². The summed E-state index contributed by atoms with van der Waals surface area (Å²) in [4.78, 5) is 12.5. The molecule has 1 N–H and O–H groups in total. The van der Waals surface area contributed by atoms with Gasteiger partial charge in [-0.15, -0.1) is 0 Å². The average Bonchev–Trinajstić information content (AvgIpc) is 2.55. The van der Waals surface area contributed by atoms with Crippen LogP contribution in [0.2, 0.25) is 10.0 Å². The van der Waals surface area contributed by atoms with Gasteiger partial charge in [-0.1, -0.05) is 65.7 Å². The van der Waals surface area contributed by atoms with Gasteiger partial charge in [-0.3, -0.25) is 4.79 Å². The first-order valence-electron chi connectivity index (χ1n) is 7.06. The highest BCUT2D eigenvalue weighted by molar-refractivity contribution is 6.34. The van der Waals surface area contributed by atoms with E-state index < -0.39 is 0 Å². The fraction of sp³-hybridized carbons (Fsp3) is 0. The van der Waals surface area contributed by atoms with Crippen LogP contribution in [0, 0.1) is 0 Å². The second-order valence-corrected chi connectivity index (χ2v) is 5.83. The SMILES string of the molecule is O=C(Nc1ccccc1-c1cccc(Cl)c1)c1ccccc1Cl. The quantitative estimate of drug-likeness (QED) is 0.630. The summed E-state index contributed by atoms with van der Waals surface area (Å²) >= 11 is 12.1. The van der Waals surface area contributed by atoms with Gasteiger partial charge in [0.25, 0.3) is 5.91 Å². The topological polar surface area (TPSA) is 29.1 Å². The predicted molar refractivity (Wildman–Crippen MR) is 96.3 cm³/mol. The predicted octanol–water partition coefficient (Wildman–Crippen LogP) is 5.91. The third kappa shape index (κ3) is 3.55. The van der Waals surface area contributed by atoms with Crippen molar-refractivity contribution in [3.8, 4) is 11.1 Å². The number of halogens is 2. The molecule has 0 saturated heterocycles. The number of benzene rings is 3. The smallest absolute Gasteiger partial charge is 0.257 e. The lowest BCUT2D eigenvalue weighted by molar-refractivity contribution is 0.102. The van der Waals surface area contributed by atoms with Crippen molar-refractivity contribution in [3.05, 3.63) is 88.4 Å². The fourth-order valence-electron chi connectivity index (χ4n) is 2.33. The molecular weight excluding hydrogens is 329 g/mol. The molecule has 4 heteroatoms. The van der Waals surface area contributed by atoms with Crippen LogP contribution in [0.3, 0.4) is 0 Å². The van der Waals surface area contributed by atoms with Crippen LogP contribution in [-0.2, 0) is 0 Å². The Morgan fingerprint density at radius 3 is 2.35 bits per heavy atom. The lowest BCUT2D eigenvalue weighted by Crippen LogP contribution is -2.13. The van der Waals surface area contributed by atoms with E-state index in [1.54, 1.807) is 24.3 Å². The number of amides is 1. The van der Waals surface area contributed by atoms with Gasteiger partial charge in [-0.05, 0) is 35.9 Å². The highest BCUT2D eigenvalue weighted by Crippen LogP contribution is 2.30. The van der Waals surface area contributed by atoms with Gasteiger partial charge in [-0.25, -0.2) is 0 Å². The number of nitrogens with one attached hydrogen (secondary N) is 1. The lowest BCUT2D eigenvalue weighted by Gasteiger charge is -2.12. The van der Waals surface area contributed by atoms with Gasteiger partial charge in [0.15, 0.2) is 0 Å². The maximum Gasteiger partial charge on any atom is 0.257 e. The Morgan fingerprint density at radius 1 is 0.826 bits per heavy atom. The molecule has 0 radical (unpaired) electrons. The second kappa shape index (κ2) is 6.86. The molecular formula is C19H13Cl2NO. The number of carbonyl (C=O) groups is 1. The Labute approximate surface area is 144 Å². The zero-order chi connectivity index (χ0) is 16.2. The molecule has 0 unspecified atom stereocenters. The van der Waals surface area contributed by atoms with Crippen LogP contribution in [0.5, 0.6) is 0 Å². The van der Waals surface area contributed by atoms with Crippen LogP contribution in [-0.4, -0.2) is 5.91 Å². The summed E-state index contributed by atoms with van der Waals surface area (Å²) < 4.78 is 0. The Kier molecular flexibility index (Phi) is 4.65. The molecule has 114 valence electrons. The summed E-state index contributed by atoms with van der Waals surface area (Å²) in [7, 11) is 0. The monoisotopic (exact) mass is 341 g/mol. The molecule has 0 bridgehead atoms. The van der Waals surface area contributed by atoms with Gasteiger partial charge in [-0.2, -0.15) is 0 Å².